The van der Waals surface area contributed by atoms with Crippen LogP contribution in [0.15, 0.2) is 83.6 Å². The third-order valence-corrected chi connectivity index (χ3v) is 7.46. The molecule has 0 spiro atoms. The molecule has 6 nitrogen and oxygen atoms in total. The molecule has 0 aliphatic carbocycles. The molecule has 1 amide bonds. The van der Waals surface area contributed by atoms with Crippen LogP contribution in [0.1, 0.15) is 30.4 Å². The van der Waals surface area contributed by atoms with Crippen LogP contribution in [-0.2, 0) is 11.3 Å². The van der Waals surface area contributed by atoms with Crippen molar-refractivity contribution in [2.45, 2.75) is 32.7 Å². The molecule has 1 N–H and O–H groups in total. The number of fused-ring (bicyclic) bond motifs is 1. The average Bonchev–Trinajstić information content (AvgIpc) is 3.35. The first-order chi connectivity index (χ1) is 18.5. The van der Waals surface area contributed by atoms with Crippen LogP contribution in [0.3, 0.4) is 0 Å². The smallest absolute Gasteiger partial charge is 0.262 e. The van der Waals surface area contributed by atoms with Gasteiger partial charge in [-0.2, -0.15) is 0 Å². The highest BCUT2D eigenvalue weighted by molar-refractivity contribution is 9.10. The maximum absolute atomic E-state index is 12.4. The van der Waals surface area contributed by atoms with Crippen LogP contribution < -0.4 is 10.1 Å². The molecule has 196 valence electrons. The van der Waals surface area contributed by atoms with Crippen LogP contribution in [0.5, 0.6) is 5.75 Å². The second kappa shape index (κ2) is 12.4. The first kappa shape index (κ1) is 26.2. The first-order valence-corrected chi connectivity index (χ1v) is 13.9. The van der Waals surface area contributed by atoms with E-state index in [2.05, 4.69) is 79.0 Å². The zero-order valence-electron chi connectivity index (χ0n) is 21.7. The number of ether oxygens (including phenoxy) is 1. The molecule has 5 rings (SSSR count). The normalized spacial score (nSPS) is 13.9. The lowest BCUT2D eigenvalue weighted by Gasteiger charge is -2.26. The predicted molar refractivity (Wildman–Crippen MR) is 157 cm³/mol. The van der Waals surface area contributed by atoms with Crippen molar-refractivity contribution >= 4 is 44.1 Å². The Morgan fingerprint density at radius 2 is 1.84 bits per heavy atom. The molecule has 0 saturated carbocycles. The lowest BCUT2D eigenvalue weighted by molar-refractivity contribution is -0.118. The number of hydrogen-bond acceptors (Lipinski definition) is 4. The third kappa shape index (κ3) is 6.71. The van der Waals surface area contributed by atoms with E-state index in [1.165, 1.54) is 11.1 Å². The minimum Gasteiger partial charge on any atom is -0.484 e. The topological polar surface area (TPSA) is 59.4 Å². The lowest BCUT2D eigenvalue weighted by atomic mass is 9.99. The van der Waals surface area contributed by atoms with E-state index < -0.39 is 0 Å². The molecule has 0 fully saturated rings. The van der Waals surface area contributed by atoms with Gasteiger partial charge < -0.3 is 14.6 Å². The van der Waals surface area contributed by atoms with Crippen molar-refractivity contribution in [3.05, 3.63) is 94.7 Å². The summed E-state index contributed by atoms with van der Waals surface area (Å²) in [5.41, 5.74) is 6.67. The highest BCUT2D eigenvalue weighted by atomic mass is 79.9. The average molecular weight is 574 g/mol. The molecule has 0 radical (unpaired) electrons. The fraction of sp³-hybridized carbons (Fsp3) is 0.290. The van der Waals surface area contributed by atoms with Gasteiger partial charge >= 0.3 is 0 Å². The summed E-state index contributed by atoms with van der Waals surface area (Å²) < 4.78 is 8.78. The number of unbranched alkanes of at least 4 members (excludes halogenated alkanes) is 1. The monoisotopic (exact) mass is 572 g/mol. The summed E-state index contributed by atoms with van der Waals surface area (Å²) >= 11 is 3.39. The van der Waals surface area contributed by atoms with Crippen molar-refractivity contribution in [3.8, 4) is 5.75 Å². The summed E-state index contributed by atoms with van der Waals surface area (Å²) in [6.07, 6.45) is 7.66. The molecule has 1 aliphatic rings. The van der Waals surface area contributed by atoms with Gasteiger partial charge in [-0.15, -0.1) is 0 Å². The van der Waals surface area contributed by atoms with Gasteiger partial charge in [0, 0.05) is 29.8 Å². The van der Waals surface area contributed by atoms with Crippen LogP contribution in [0, 0.1) is 6.92 Å². The summed E-state index contributed by atoms with van der Waals surface area (Å²) in [5, 5.41) is 2.94. The number of imidazole rings is 1. The Labute approximate surface area is 232 Å². The summed E-state index contributed by atoms with van der Waals surface area (Å²) in [4.78, 5) is 19.6. The second-order valence-electron chi connectivity index (χ2n) is 9.74. The number of aromatic nitrogens is 2. The van der Waals surface area contributed by atoms with E-state index in [0.29, 0.717) is 5.75 Å². The molecular weight excluding hydrogens is 540 g/mol. The number of rotatable bonds is 10. The molecule has 4 aromatic rings. The van der Waals surface area contributed by atoms with Crippen molar-refractivity contribution in [2.24, 2.45) is 0 Å². The number of nitrogens with one attached hydrogen (secondary N) is 1. The maximum Gasteiger partial charge on any atom is 0.262 e. The van der Waals surface area contributed by atoms with Gasteiger partial charge in [-0.1, -0.05) is 52.3 Å². The number of hydrogen-bond donors (Lipinski definition) is 1. The van der Waals surface area contributed by atoms with Crippen LogP contribution in [0.2, 0.25) is 0 Å². The number of halogens is 1. The maximum atomic E-state index is 12.4. The van der Waals surface area contributed by atoms with E-state index >= 15 is 0 Å². The Morgan fingerprint density at radius 3 is 2.61 bits per heavy atom. The van der Waals surface area contributed by atoms with Gasteiger partial charge in [-0.25, -0.2) is 4.98 Å². The number of amides is 1. The second-order valence-corrected chi connectivity index (χ2v) is 10.7. The molecule has 38 heavy (non-hydrogen) atoms. The van der Waals surface area contributed by atoms with E-state index in [-0.39, 0.29) is 12.5 Å². The molecule has 7 heteroatoms. The van der Waals surface area contributed by atoms with Crippen LogP contribution in [-0.4, -0.2) is 46.6 Å². The van der Waals surface area contributed by atoms with E-state index in [4.69, 9.17) is 4.74 Å². The Balaban J connectivity index is 1.10. The highest BCUT2D eigenvalue weighted by Crippen LogP contribution is 2.25. The molecule has 0 unspecified atom stereocenters. The van der Waals surface area contributed by atoms with Crippen molar-refractivity contribution in [1.29, 1.82) is 0 Å². The zero-order valence-corrected chi connectivity index (χ0v) is 23.3. The van der Waals surface area contributed by atoms with Crippen LogP contribution >= 0.6 is 15.9 Å². The molecule has 0 saturated heterocycles. The predicted octanol–water partition coefficient (Wildman–Crippen LogP) is 6.69. The Bertz CT molecular complexity index is 1410. The van der Waals surface area contributed by atoms with Gasteiger partial charge in [0.1, 0.15) is 5.75 Å². The largest absolute Gasteiger partial charge is 0.484 e. The summed E-state index contributed by atoms with van der Waals surface area (Å²) in [6, 6.07) is 22.1. The molecule has 1 aliphatic heterocycles. The Morgan fingerprint density at radius 1 is 1.05 bits per heavy atom. The van der Waals surface area contributed by atoms with E-state index in [9.17, 15) is 4.79 Å². The van der Waals surface area contributed by atoms with E-state index in [1.54, 1.807) is 0 Å². The fourth-order valence-corrected chi connectivity index (χ4v) is 5.25. The number of carbonyl (C=O) groups excluding carboxylic acids is 1. The van der Waals surface area contributed by atoms with Gasteiger partial charge in [-0.05, 0) is 85.8 Å². The van der Waals surface area contributed by atoms with Crippen molar-refractivity contribution in [3.63, 3.8) is 0 Å². The molecule has 2 heterocycles. The minimum atomic E-state index is -0.199. The standard InChI is InChI=1S/C31H33BrN4O2/c1-23-19-27(34-30(37)21-38-28-11-9-26(32)10-12-28)20-29-31(23)36(22-33-29)16-6-5-15-35-17-13-25(14-18-35)24-7-3-2-4-8-24/h2-4,7-13,19-20,22H,5-6,14-18,21H2,1H3,(H,34,37). The first-order valence-electron chi connectivity index (χ1n) is 13.2. The van der Waals surface area contributed by atoms with Gasteiger partial charge in [0.15, 0.2) is 6.61 Å². The quantitative estimate of drug-likeness (QED) is 0.215. The number of benzene rings is 3. The Hall–Kier alpha value is -3.42. The summed E-state index contributed by atoms with van der Waals surface area (Å²) in [7, 11) is 0. The lowest BCUT2D eigenvalue weighted by Crippen LogP contribution is -2.29. The number of aryl methyl sites for hydroxylation is 2. The number of nitrogens with zero attached hydrogens (tertiary/aromatic N) is 3. The molecular formula is C31H33BrN4O2. The van der Waals surface area contributed by atoms with Gasteiger partial charge in [0.05, 0.1) is 17.4 Å². The van der Waals surface area contributed by atoms with Gasteiger partial charge in [0.25, 0.3) is 5.91 Å². The van der Waals surface area contributed by atoms with Crippen LogP contribution in [0.4, 0.5) is 5.69 Å². The van der Waals surface area contributed by atoms with Crippen LogP contribution in [0.25, 0.3) is 16.6 Å². The Kier molecular flexibility index (Phi) is 8.56. The van der Waals surface area contributed by atoms with E-state index in [1.807, 2.05) is 42.7 Å². The van der Waals surface area contributed by atoms with Gasteiger partial charge in [-0.3, -0.25) is 9.69 Å². The summed E-state index contributed by atoms with van der Waals surface area (Å²) in [6.45, 7) is 6.22. The zero-order chi connectivity index (χ0) is 26.3. The summed E-state index contributed by atoms with van der Waals surface area (Å²) in [5.74, 6) is 0.456. The van der Waals surface area contributed by atoms with Gasteiger partial charge in [0.2, 0.25) is 0 Å². The van der Waals surface area contributed by atoms with E-state index in [0.717, 1.165) is 72.2 Å². The molecule has 0 bridgehead atoms. The fourth-order valence-electron chi connectivity index (χ4n) is 4.99. The highest BCUT2D eigenvalue weighted by Gasteiger charge is 2.13. The number of anilines is 1. The molecule has 1 aromatic heterocycles. The molecule has 0 atom stereocenters. The van der Waals surface area contributed by atoms with Crippen molar-refractivity contribution in [2.75, 3.05) is 31.6 Å². The number of carbonyl (C=O) groups is 1. The third-order valence-electron chi connectivity index (χ3n) is 6.93. The minimum absolute atomic E-state index is 0.0481. The van der Waals surface area contributed by atoms with Crippen molar-refractivity contribution < 1.29 is 9.53 Å². The molecule has 3 aromatic carbocycles. The van der Waals surface area contributed by atoms with Crippen molar-refractivity contribution in [1.82, 2.24) is 14.5 Å². The SMILES string of the molecule is Cc1cc(NC(=O)COc2ccc(Br)cc2)cc2ncn(CCCCN3CC=C(c4ccccc4)CC3)c12.